The van der Waals surface area contributed by atoms with Crippen LogP contribution in [0.15, 0.2) is 58.9 Å². The van der Waals surface area contributed by atoms with Gasteiger partial charge >= 0.3 is 0 Å². The summed E-state index contributed by atoms with van der Waals surface area (Å²) in [6.45, 7) is 4.07. The van der Waals surface area contributed by atoms with E-state index in [1.807, 2.05) is 24.0 Å². The molecular weight excluding hydrogens is 484 g/mol. The number of para-hydroxylation sites is 1. The number of halogens is 1. The zero-order valence-corrected chi connectivity index (χ0v) is 20.3. The molecule has 8 nitrogen and oxygen atoms in total. The lowest BCUT2D eigenvalue weighted by molar-refractivity contribution is 0.102. The minimum absolute atomic E-state index is 0.255. The van der Waals surface area contributed by atoms with Crippen molar-refractivity contribution >= 4 is 50.4 Å². The van der Waals surface area contributed by atoms with Crippen LogP contribution in [0.2, 0.25) is 4.34 Å². The Morgan fingerprint density at radius 2 is 1.88 bits per heavy atom. The predicted molar refractivity (Wildman–Crippen MR) is 130 cm³/mol. The quantitative estimate of drug-likeness (QED) is 0.521. The molecule has 1 N–H and O–H groups in total. The van der Waals surface area contributed by atoms with Crippen molar-refractivity contribution in [2.75, 3.05) is 43.0 Å². The number of sulfonamides is 1. The standard InChI is InChI=1S/C22H23ClN4O4S2/c1-2-31-18-6-4-3-5-17(18)22(28)25-16-7-9-20(24-15-16)26-11-13-27(14-12-26)33(29,30)21-10-8-19(23)32-21/h3-10,15H,2,11-14H2,1H3,(H,25,28). The van der Waals surface area contributed by atoms with Gasteiger partial charge in [0.1, 0.15) is 15.8 Å². The molecule has 174 valence electrons. The summed E-state index contributed by atoms with van der Waals surface area (Å²) in [5.41, 5.74) is 1.01. The van der Waals surface area contributed by atoms with Gasteiger partial charge in [0.25, 0.3) is 15.9 Å². The van der Waals surface area contributed by atoms with Gasteiger partial charge < -0.3 is 15.0 Å². The highest BCUT2D eigenvalue weighted by atomic mass is 35.5. The topological polar surface area (TPSA) is 91.8 Å². The van der Waals surface area contributed by atoms with Gasteiger partial charge in [0.05, 0.1) is 28.4 Å². The van der Waals surface area contributed by atoms with Gasteiger partial charge in [-0.1, -0.05) is 23.7 Å². The van der Waals surface area contributed by atoms with E-state index in [0.717, 1.165) is 17.2 Å². The molecule has 0 spiro atoms. The molecule has 11 heteroatoms. The lowest BCUT2D eigenvalue weighted by Crippen LogP contribution is -2.48. The largest absolute Gasteiger partial charge is 0.493 e. The first-order valence-corrected chi connectivity index (χ1v) is 13.0. The monoisotopic (exact) mass is 506 g/mol. The Morgan fingerprint density at radius 3 is 2.52 bits per heavy atom. The molecule has 3 aromatic rings. The molecule has 0 unspecified atom stereocenters. The molecule has 33 heavy (non-hydrogen) atoms. The Labute approximate surface area is 201 Å². The van der Waals surface area contributed by atoms with Crippen molar-refractivity contribution in [1.29, 1.82) is 0 Å². The molecule has 1 aliphatic rings. The highest BCUT2D eigenvalue weighted by Gasteiger charge is 2.30. The van der Waals surface area contributed by atoms with Gasteiger partial charge in [-0.15, -0.1) is 11.3 Å². The summed E-state index contributed by atoms with van der Waals surface area (Å²) < 4.78 is 33.2. The lowest BCUT2D eigenvalue weighted by atomic mass is 10.2. The van der Waals surface area contributed by atoms with Gasteiger partial charge in [0.15, 0.2) is 0 Å². The number of anilines is 2. The number of ether oxygens (including phenoxy) is 1. The molecule has 0 radical (unpaired) electrons. The van der Waals surface area contributed by atoms with Crippen LogP contribution < -0.4 is 15.0 Å². The number of amides is 1. The second-order valence-electron chi connectivity index (χ2n) is 7.24. The van der Waals surface area contributed by atoms with E-state index in [4.69, 9.17) is 16.3 Å². The van der Waals surface area contributed by atoms with Crippen LogP contribution in [0.4, 0.5) is 11.5 Å². The Balaban J connectivity index is 1.37. The molecule has 0 aliphatic carbocycles. The van der Waals surface area contributed by atoms with Crippen molar-refractivity contribution in [3.8, 4) is 5.75 Å². The van der Waals surface area contributed by atoms with Crippen LogP contribution in [0, 0.1) is 0 Å². The highest BCUT2D eigenvalue weighted by Crippen LogP contribution is 2.29. The van der Waals surface area contributed by atoms with E-state index >= 15 is 0 Å². The van der Waals surface area contributed by atoms with Crippen LogP contribution in [0.25, 0.3) is 0 Å². The van der Waals surface area contributed by atoms with Crippen LogP contribution in [0.3, 0.4) is 0 Å². The van der Waals surface area contributed by atoms with Gasteiger partial charge in [-0.05, 0) is 43.3 Å². The van der Waals surface area contributed by atoms with Gasteiger partial charge in [-0.2, -0.15) is 4.31 Å². The summed E-state index contributed by atoms with van der Waals surface area (Å²) in [6, 6.07) is 13.8. The zero-order valence-electron chi connectivity index (χ0n) is 17.9. The number of rotatable bonds is 7. The van der Waals surface area contributed by atoms with Gasteiger partial charge in [-0.25, -0.2) is 13.4 Å². The summed E-state index contributed by atoms with van der Waals surface area (Å²) in [4.78, 5) is 19.1. The molecule has 1 saturated heterocycles. The number of hydrogen-bond donors (Lipinski definition) is 1. The van der Waals surface area contributed by atoms with Crippen molar-refractivity contribution in [3.63, 3.8) is 0 Å². The molecule has 2 aromatic heterocycles. The molecule has 1 aromatic carbocycles. The van der Waals surface area contributed by atoms with Gasteiger partial charge in [-0.3, -0.25) is 4.79 Å². The smallest absolute Gasteiger partial charge is 0.259 e. The van der Waals surface area contributed by atoms with Gasteiger partial charge in [0.2, 0.25) is 0 Å². The first-order chi connectivity index (χ1) is 15.9. The highest BCUT2D eigenvalue weighted by molar-refractivity contribution is 7.91. The van der Waals surface area contributed by atoms with Crippen molar-refractivity contribution in [2.24, 2.45) is 0 Å². The second-order valence-corrected chi connectivity index (χ2v) is 11.1. The maximum absolute atomic E-state index is 12.8. The predicted octanol–water partition coefficient (Wildman–Crippen LogP) is 3.96. The number of carbonyl (C=O) groups excluding carboxylic acids is 1. The fourth-order valence-electron chi connectivity index (χ4n) is 3.50. The first-order valence-electron chi connectivity index (χ1n) is 10.4. The van der Waals surface area contributed by atoms with Crippen LogP contribution in [0.5, 0.6) is 5.75 Å². The van der Waals surface area contributed by atoms with E-state index in [1.54, 1.807) is 36.5 Å². The van der Waals surface area contributed by atoms with Crippen molar-refractivity contribution < 1.29 is 17.9 Å². The zero-order chi connectivity index (χ0) is 23.4. The minimum atomic E-state index is -3.54. The molecule has 4 rings (SSSR count). The van der Waals surface area contributed by atoms with Crippen LogP contribution in [-0.4, -0.2) is 56.4 Å². The van der Waals surface area contributed by atoms with Crippen LogP contribution in [-0.2, 0) is 10.0 Å². The number of benzene rings is 1. The molecule has 1 fully saturated rings. The van der Waals surface area contributed by atoms with E-state index in [9.17, 15) is 13.2 Å². The van der Waals surface area contributed by atoms with E-state index < -0.39 is 10.0 Å². The number of thiophene rings is 1. The fraction of sp³-hybridized carbons (Fsp3) is 0.273. The molecule has 1 amide bonds. The molecule has 0 saturated carbocycles. The Bertz CT molecular complexity index is 1220. The van der Waals surface area contributed by atoms with E-state index in [1.165, 1.54) is 10.4 Å². The third-order valence-corrected chi connectivity index (χ3v) is 8.74. The number of aromatic nitrogens is 1. The van der Waals surface area contributed by atoms with E-state index in [2.05, 4.69) is 10.3 Å². The lowest BCUT2D eigenvalue weighted by Gasteiger charge is -2.34. The van der Waals surface area contributed by atoms with E-state index in [-0.39, 0.29) is 10.1 Å². The van der Waals surface area contributed by atoms with E-state index in [0.29, 0.717) is 54.1 Å². The van der Waals surface area contributed by atoms with Crippen molar-refractivity contribution in [3.05, 3.63) is 64.6 Å². The SMILES string of the molecule is CCOc1ccccc1C(=O)Nc1ccc(N2CCN(S(=O)(=O)c3ccc(Cl)s3)CC2)nc1. The number of hydrogen-bond acceptors (Lipinski definition) is 7. The number of nitrogens with one attached hydrogen (secondary N) is 1. The maximum Gasteiger partial charge on any atom is 0.259 e. The summed E-state index contributed by atoms with van der Waals surface area (Å²) >= 11 is 6.96. The van der Waals surface area contributed by atoms with Crippen molar-refractivity contribution in [1.82, 2.24) is 9.29 Å². The maximum atomic E-state index is 12.8. The molecule has 0 bridgehead atoms. The molecular formula is C22H23ClN4O4S2. The van der Waals surface area contributed by atoms with Crippen LogP contribution in [0.1, 0.15) is 17.3 Å². The number of carbonyl (C=O) groups is 1. The molecule has 1 aliphatic heterocycles. The molecule has 3 heterocycles. The fourth-order valence-corrected chi connectivity index (χ4v) is 6.56. The average Bonchev–Trinajstić information content (AvgIpc) is 3.27. The number of piperazine rings is 1. The average molecular weight is 507 g/mol. The Hall–Kier alpha value is -2.66. The van der Waals surface area contributed by atoms with Crippen molar-refractivity contribution in [2.45, 2.75) is 11.1 Å². The third-order valence-electron chi connectivity index (χ3n) is 5.14. The summed E-state index contributed by atoms with van der Waals surface area (Å²) in [5.74, 6) is 0.972. The number of pyridine rings is 1. The summed E-state index contributed by atoms with van der Waals surface area (Å²) in [5, 5.41) is 2.84. The summed E-state index contributed by atoms with van der Waals surface area (Å²) in [7, 11) is -3.54. The first kappa shape index (κ1) is 23.5. The second kappa shape index (κ2) is 10.1. The number of nitrogens with zero attached hydrogens (tertiary/aromatic N) is 3. The Kier molecular flexibility index (Phi) is 7.18. The Morgan fingerprint density at radius 1 is 1.12 bits per heavy atom. The summed E-state index contributed by atoms with van der Waals surface area (Å²) in [6.07, 6.45) is 1.59. The minimum Gasteiger partial charge on any atom is -0.493 e. The van der Waals surface area contributed by atoms with Crippen LogP contribution >= 0.6 is 22.9 Å². The molecule has 0 atom stereocenters. The normalized spacial score (nSPS) is 14.8. The van der Waals surface area contributed by atoms with Gasteiger partial charge in [0, 0.05) is 26.2 Å². The third kappa shape index (κ3) is 5.30.